The highest BCUT2D eigenvalue weighted by molar-refractivity contribution is 9.18. The van der Waals surface area contributed by atoms with Crippen molar-refractivity contribution >= 4 is 20.8 Å². The zero-order valence-electron chi connectivity index (χ0n) is 6.93. The van der Waals surface area contributed by atoms with E-state index in [0.29, 0.717) is 5.75 Å². The molecule has 2 nitrogen and oxygen atoms in total. The molecule has 0 unspecified atom stereocenters. The average molecular weight is 229 g/mol. The van der Waals surface area contributed by atoms with E-state index in [2.05, 4.69) is 15.9 Å². The van der Waals surface area contributed by atoms with Gasteiger partial charge in [0.05, 0.1) is 0 Å². The summed E-state index contributed by atoms with van der Waals surface area (Å²) >= 11 is 2.70. The summed E-state index contributed by atoms with van der Waals surface area (Å²) < 4.78 is 4.85. The van der Waals surface area contributed by atoms with Crippen molar-refractivity contribution in [3.8, 4) is 5.75 Å². The second-order valence-corrected chi connectivity index (χ2v) is 3.31. The quantitative estimate of drug-likeness (QED) is 0.691. The molecule has 0 aromatic heterocycles. The molecular weight excluding hydrogens is 220 g/mol. The first kappa shape index (κ1) is 9.26. The van der Waals surface area contributed by atoms with E-state index in [0.717, 1.165) is 11.1 Å². The number of aryl methyl sites for hydroxylation is 2. The predicted octanol–water partition coefficient (Wildman–Crippen LogP) is 3.20. The van der Waals surface area contributed by atoms with Gasteiger partial charge < -0.3 is 4.74 Å². The molecule has 3 heteroatoms. The van der Waals surface area contributed by atoms with Crippen LogP contribution in [0.3, 0.4) is 0 Å². The molecule has 1 aromatic rings. The fourth-order valence-electron chi connectivity index (χ4n) is 1.08. The smallest absolute Gasteiger partial charge is 0.379 e. The van der Waals surface area contributed by atoms with Crippen LogP contribution in [0.2, 0.25) is 0 Å². The molecule has 0 N–H and O–H groups in total. The highest BCUT2D eigenvalue weighted by Crippen LogP contribution is 2.17. The molecule has 64 valence electrons. The third-order valence-electron chi connectivity index (χ3n) is 1.39. The summed E-state index contributed by atoms with van der Waals surface area (Å²) in [5, 5.41) is 0. The van der Waals surface area contributed by atoms with Crippen molar-refractivity contribution in [1.82, 2.24) is 0 Å². The van der Waals surface area contributed by atoms with Gasteiger partial charge in [-0.2, -0.15) is 0 Å². The summed E-state index contributed by atoms with van der Waals surface area (Å²) in [7, 11) is 0. The van der Waals surface area contributed by atoms with Crippen molar-refractivity contribution < 1.29 is 9.53 Å². The zero-order valence-corrected chi connectivity index (χ0v) is 8.51. The van der Waals surface area contributed by atoms with Crippen molar-refractivity contribution in [1.29, 1.82) is 0 Å². The molecule has 0 radical (unpaired) electrons. The average Bonchev–Trinajstić information content (AvgIpc) is 1.81. The first-order chi connectivity index (χ1) is 5.58. The van der Waals surface area contributed by atoms with Crippen LogP contribution in [0, 0.1) is 13.8 Å². The fraction of sp³-hybridized carbons (Fsp3) is 0.222. The first-order valence-corrected chi connectivity index (χ1v) is 4.33. The number of carbonyl (C=O) groups is 1. The van der Waals surface area contributed by atoms with Crippen LogP contribution < -0.4 is 4.74 Å². The number of rotatable bonds is 1. The predicted molar refractivity (Wildman–Crippen MR) is 50.9 cm³/mol. The van der Waals surface area contributed by atoms with Crippen LogP contribution in [0.15, 0.2) is 18.2 Å². The van der Waals surface area contributed by atoms with E-state index in [1.807, 2.05) is 32.0 Å². The number of benzene rings is 1. The summed E-state index contributed by atoms with van der Waals surface area (Å²) in [5.74, 6) is 0.578. The SMILES string of the molecule is Cc1cc(C)cc(OC(=O)Br)c1. The van der Waals surface area contributed by atoms with Gasteiger partial charge in [0.25, 0.3) is 0 Å². The number of carbonyl (C=O) groups excluding carboxylic acids is 1. The summed E-state index contributed by atoms with van der Waals surface area (Å²) in [6, 6.07) is 5.64. The minimum atomic E-state index is -0.465. The van der Waals surface area contributed by atoms with Crippen molar-refractivity contribution in [3.63, 3.8) is 0 Å². The Morgan fingerprint density at radius 1 is 1.25 bits per heavy atom. The van der Waals surface area contributed by atoms with Gasteiger partial charge in [-0.25, -0.2) is 4.79 Å². The van der Waals surface area contributed by atoms with Gasteiger partial charge in [-0.3, -0.25) is 0 Å². The molecule has 0 atom stereocenters. The van der Waals surface area contributed by atoms with Crippen LogP contribution >= 0.6 is 15.9 Å². The maximum Gasteiger partial charge on any atom is 0.379 e. The van der Waals surface area contributed by atoms with Crippen molar-refractivity contribution in [3.05, 3.63) is 29.3 Å². The molecule has 0 saturated heterocycles. The zero-order chi connectivity index (χ0) is 9.14. The number of hydrogen-bond donors (Lipinski definition) is 0. The van der Waals surface area contributed by atoms with Gasteiger partial charge >= 0.3 is 4.88 Å². The van der Waals surface area contributed by atoms with E-state index in [9.17, 15) is 4.79 Å². The number of hydrogen-bond acceptors (Lipinski definition) is 2. The Labute approximate surface area is 79.7 Å². The standard InChI is InChI=1S/C9H9BrO2/c1-6-3-7(2)5-8(4-6)12-9(10)11/h3-5H,1-2H3. The summed E-state index contributed by atoms with van der Waals surface area (Å²) in [5.41, 5.74) is 2.16. The van der Waals surface area contributed by atoms with E-state index in [4.69, 9.17) is 4.74 Å². The van der Waals surface area contributed by atoms with Crippen LogP contribution in [0.25, 0.3) is 0 Å². The Balaban J connectivity index is 2.93. The van der Waals surface area contributed by atoms with E-state index in [-0.39, 0.29) is 0 Å². The van der Waals surface area contributed by atoms with Gasteiger partial charge in [0.15, 0.2) is 0 Å². The number of ether oxygens (including phenoxy) is 1. The van der Waals surface area contributed by atoms with E-state index in [1.165, 1.54) is 0 Å². The molecule has 0 bridgehead atoms. The lowest BCUT2D eigenvalue weighted by molar-refractivity contribution is 0.228. The maximum atomic E-state index is 10.5. The van der Waals surface area contributed by atoms with E-state index >= 15 is 0 Å². The largest absolute Gasteiger partial charge is 0.418 e. The fourth-order valence-corrected chi connectivity index (χ4v) is 1.27. The maximum absolute atomic E-state index is 10.5. The summed E-state index contributed by atoms with van der Waals surface area (Å²) in [4.78, 5) is 10.1. The topological polar surface area (TPSA) is 26.3 Å². The van der Waals surface area contributed by atoms with Crippen LogP contribution in [0.5, 0.6) is 5.75 Å². The third kappa shape index (κ3) is 2.66. The monoisotopic (exact) mass is 228 g/mol. The lowest BCUT2D eigenvalue weighted by Crippen LogP contribution is -1.95. The summed E-state index contributed by atoms with van der Waals surface area (Å²) in [6.07, 6.45) is 0. The van der Waals surface area contributed by atoms with Crippen LogP contribution in [-0.2, 0) is 0 Å². The first-order valence-electron chi connectivity index (χ1n) is 3.53. The molecule has 0 heterocycles. The van der Waals surface area contributed by atoms with E-state index < -0.39 is 4.88 Å². The minimum absolute atomic E-state index is 0.465. The number of halogens is 1. The Morgan fingerprint density at radius 3 is 2.17 bits per heavy atom. The molecule has 1 rings (SSSR count). The molecule has 12 heavy (non-hydrogen) atoms. The molecule has 0 aliphatic carbocycles. The third-order valence-corrected chi connectivity index (χ3v) is 1.56. The molecule has 0 aliphatic heterocycles. The van der Waals surface area contributed by atoms with Gasteiger partial charge in [-0.05, 0) is 37.1 Å². The van der Waals surface area contributed by atoms with Crippen molar-refractivity contribution in [2.75, 3.05) is 0 Å². The molecular formula is C9H9BrO2. The van der Waals surface area contributed by atoms with Crippen LogP contribution in [0.4, 0.5) is 4.79 Å². The van der Waals surface area contributed by atoms with Gasteiger partial charge in [0.1, 0.15) is 5.75 Å². The van der Waals surface area contributed by atoms with Gasteiger partial charge in [-0.15, -0.1) is 0 Å². The molecule has 0 spiro atoms. The summed E-state index contributed by atoms with van der Waals surface area (Å²) in [6.45, 7) is 3.91. The molecule has 0 aliphatic rings. The second kappa shape index (κ2) is 3.72. The van der Waals surface area contributed by atoms with Crippen molar-refractivity contribution in [2.45, 2.75) is 13.8 Å². The lowest BCUT2D eigenvalue weighted by Gasteiger charge is -2.02. The molecule has 0 amide bonds. The molecule has 1 aromatic carbocycles. The van der Waals surface area contributed by atoms with Gasteiger partial charge in [0, 0.05) is 15.9 Å². The molecule has 0 saturated carbocycles. The Morgan fingerprint density at radius 2 is 1.75 bits per heavy atom. The van der Waals surface area contributed by atoms with Crippen LogP contribution in [-0.4, -0.2) is 4.88 Å². The van der Waals surface area contributed by atoms with Gasteiger partial charge in [0.2, 0.25) is 0 Å². The highest BCUT2D eigenvalue weighted by atomic mass is 79.9. The Hall–Kier alpha value is -0.830. The Bertz CT molecular complexity index is 287. The Kier molecular flexibility index (Phi) is 2.87. The van der Waals surface area contributed by atoms with Gasteiger partial charge in [-0.1, -0.05) is 6.07 Å². The van der Waals surface area contributed by atoms with Crippen molar-refractivity contribution in [2.24, 2.45) is 0 Å². The molecule has 0 fully saturated rings. The highest BCUT2D eigenvalue weighted by Gasteiger charge is 2.00. The second-order valence-electron chi connectivity index (χ2n) is 2.66. The lowest BCUT2D eigenvalue weighted by atomic mass is 10.1. The van der Waals surface area contributed by atoms with E-state index in [1.54, 1.807) is 0 Å². The van der Waals surface area contributed by atoms with Crippen LogP contribution in [0.1, 0.15) is 11.1 Å². The normalized spacial score (nSPS) is 9.58. The minimum Gasteiger partial charge on any atom is -0.418 e.